The number of ketones is 1. The number of allylic oxidation sites excluding steroid dienone is 2. The fraction of sp³-hybridized carbons (Fsp3) is 0.256. The Morgan fingerprint density at radius 3 is 2.37 bits per heavy atom. The molecule has 2 aromatic carbocycles. The topological polar surface area (TPSA) is 76.2 Å². The molecule has 1 radical (unpaired) electrons. The number of benzene rings is 2. The van der Waals surface area contributed by atoms with Crippen molar-refractivity contribution in [3.63, 3.8) is 0 Å². The quantitative estimate of drug-likeness (QED) is 0.0940. The minimum Gasteiger partial charge on any atom is -0.512 e. The Kier molecular flexibility index (Phi) is 10.7. The van der Waals surface area contributed by atoms with Crippen molar-refractivity contribution in [1.82, 2.24) is 9.97 Å². The van der Waals surface area contributed by atoms with E-state index in [4.69, 9.17) is 14.4 Å². The molecular weight excluding hydrogens is 769 g/mol. The molecule has 1 N–H and O–H groups in total. The van der Waals surface area contributed by atoms with Crippen molar-refractivity contribution >= 4 is 59.3 Å². The van der Waals surface area contributed by atoms with Crippen LogP contribution in [0.1, 0.15) is 53.4 Å². The summed E-state index contributed by atoms with van der Waals surface area (Å²) in [6.07, 6.45) is 6.76. The molecule has 0 spiro atoms. The molecule has 46 heavy (non-hydrogen) atoms. The Morgan fingerprint density at radius 1 is 0.913 bits per heavy atom. The van der Waals surface area contributed by atoms with E-state index in [1.807, 2.05) is 70.3 Å². The molecule has 237 valence electrons. The van der Waals surface area contributed by atoms with Gasteiger partial charge in [0, 0.05) is 71.1 Å². The van der Waals surface area contributed by atoms with Gasteiger partial charge in [0.25, 0.3) is 0 Å². The van der Waals surface area contributed by atoms with Crippen LogP contribution in [-0.4, -0.2) is 20.9 Å². The molecule has 0 amide bonds. The first-order valence-corrected chi connectivity index (χ1v) is 16.6. The molecule has 5 nitrogen and oxygen atoms in total. The standard InChI is InChI=1S/C26H13N2OS.C13H24O2.Ir/c1-4-11-21-15(6-1)14-22(29-21)18-12-13-27-23-19-9-5-8-17-16-7-2-3-10-20(16)28-24(17)26(19)30-25(18)23;1-5-10(6-2)12(14)9-13(15)11(7-3)8-4;/h1-8,10-14H;9-11,14H,5-8H2,1-4H3;/q-1;;/b;12-9-;. The molecule has 0 fully saturated rings. The van der Waals surface area contributed by atoms with Crippen LogP contribution in [0.15, 0.2) is 95.2 Å². The summed E-state index contributed by atoms with van der Waals surface area (Å²) in [6.45, 7) is 8.07. The number of aliphatic hydroxyl groups excluding tert-OH is 1. The number of aliphatic hydroxyl groups is 1. The predicted molar refractivity (Wildman–Crippen MR) is 187 cm³/mol. The van der Waals surface area contributed by atoms with Crippen LogP contribution in [0.25, 0.3) is 64.8 Å². The number of furan rings is 1. The Bertz CT molecular complexity index is 2090. The third kappa shape index (κ3) is 6.37. The number of nitrogens with zero attached hydrogens (tertiary/aromatic N) is 2. The minimum absolute atomic E-state index is 0. The molecule has 7 rings (SSSR count). The largest absolute Gasteiger partial charge is 0.512 e. The van der Waals surface area contributed by atoms with Gasteiger partial charge in [0.15, 0.2) is 5.78 Å². The number of thiophene rings is 1. The molecule has 0 bridgehead atoms. The van der Waals surface area contributed by atoms with Crippen molar-refractivity contribution < 1.29 is 34.4 Å². The van der Waals surface area contributed by atoms with Crippen molar-refractivity contribution in [2.24, 2.45) is 11.8 Å². The van der Waals surface area contributed by atoms with Crippen molar-refractivity contribution in [2.45, 2.75) is 53.4 Å². The third-order valence-electron chi connectivity index (χ3n) is 8.72. The Morgan fingerprint density at radius 2 is 1.63 bits per heavy atom. The maximum absolute atomic E-state index is 11.7. The van der Waals surface area contributed by atoms with Gasteiger partial charge in [-0.1, -0.05) is 64.1 Å². The van der Waals surface area contributed by atoms with Gasteiger partial charge in [-0.05, 0) is 65.6 Å². The molecule has 0 atom stereocenters. The number of carbonyl (C=O) groups excluding carboxylic acids is 1. The summed E-state index contributed by atoms with van der Waals surface area (Å²) < 4.78 is 8.37. The number of para-hydroxylation sites is 2. The van der Waals surface area contributed by atoms with Gasteiger partial charge in [0.05, 0.1) is 11.3 Å². The van der Waals surface area contributed by atoms with Gasteiger partial charge >= 0.3 is 0 Å². The fourth-order valence-corrected chi connectivity index (χ4v) is 7.28. The predicted octanol–water partition coefficient (Wildman–Crippen LogP) is 11.2. The first-order chi connectivity index (χ1) is 22.0. The second kappa shape index (κ2) is 14.7. The summed E-state index contributed by atoms with van der Waals surface area (Å²) in [5.74, 6) is 1.41. The Hall–Kier alpha value is -3.90. The van der Waals surface area contributed by atoms with Gasteiger partial charge in [-0.25, -0.2) is 0 Å². The SMILES string of the molecule is CCC(CC)C(=O)/C=C(\O)C(CC)CC.[Ir].[c-]1ccc2c3ccccc3nc-2c2sc3c(-c4cc5ccccc5o4)ccnc3c12. The van der Waals surface area contributed by atoms with Crippen molar-refractivity contribution in [3.8, 4) is 22.6 Å². The van der Waals surface area contributed by atoms with Crippen molar-refractivity contribution in [3.05, 3.63) is 96.9 Å². The normalized spacial score (nSPS) is 11.9. The number of rotatable bonds is 8. The van der Waals surface area contributed by atoms with E-state index in [2.05, 4.69) is 42.5 Å². The Labute approximate surface area is 287 Å². The molecular formula is C39H37IrN2O3S-. The minimum atomic E-state index is 0. The second-order valence-corrected chi connectivity index (χ2v) is 12.4. The van der Waals surface area contributed by atoms with Crippen molar-refractivity contribution in [1.29, 1.82) is 0 Å². The average Bonchev–Trinajstić information content (AvgIpc) is 3.73. The van der Waals surface area contributed by atoms with Crippen LogP contribution in [0.5, 0.6) is 0 Å². The van der Waals surface area contributed by atoms with Crippen molar-refractivity contribution in [2.75, 3.05) is 0 Å². The molecule has 2 aliphatic rings. The van der Waals surface area contributed by atoms with Crippen LogP contribution in [0.3, 0.4) is 0 Å². The third-order valence-corrected chi connectivity index (χ3v) is 9.94. The van der Waals surface area contributed by atoms with E-state index >= 15 is 0 Å². The maximum Gasteiger partial charge on any atom is 0.162 e. The van der Waals surface area contributed by atoms with Gasteiger partial charge in [-0.15, -0.1) is 23.6 Å². The number of carbonyl (C=O) groups is 1. The summed E-state index contributed by atoms with van der Waals surface area (Å²) in [5, 5.41) is 13.0. The zero-order valence-electron chi connectivity index (χ0n) is 26.5. The molecule has 1 aliphatic carbocycles. The molecule has 0 saturated heterocycles. The van der Waals surface area contributed by atoms with Gasteiger partial charge in [-0.3, -0.25) is 9.78 Å². The van der Waals surface area contributed by atoms with E-state index in [1.54, 1.807) is 11.3 Å². The van der Waals surface area contributed by atoms with E-state index in [0.717, 1.165) is 85.1 Å². The summed E-state index contributed by atoms with van der Waals surface area (Å²) >= 11 is 1.71. The monoisotopic (exact) mass is 806 g/mol. The van der Waals surface area contributed by atoms with Crippen LogP contribution in [0.4, 0.5) is 0 Å². The van der Waals surface area contributed by atoms with Gasteiger partial charge < -0.3 is 14.5 Å². The Balaban J connectivity index is 0.000000225. The van der Waals surface area contributed by atoms with Gasteiger partial charge in [0.2, 0.25) is 0 Å². The molecule has 1 aliphatic heterocycles. The van der Waals surface area contributed by atoms with Gasteiger partial charge in [0.1, 0.15) is 11.3 Å². The van der Waals surface area contributed by atoms with Crippen LogP contribution in [0.2, 0.25) is 0 Å². The number of hydrogen-bond acceptors (Lipinski definition) is 6. The van der Waals surface area contributed by atoms with E-state index in [-0.39, 0.29) is 43.5 Å². The summed E-state index contributed by atoms with van der Waals surface area (Å²) in [7, 11) is 0. The van der Waals surface area contributed by atoms with E-state index in [0.29, 0.717) is 0 Å². The smallest absolute Gasteiger partial charge is 0.162 e. The number of hydrogen-bond donors (Lipinski definition) is 1. The molecule has 3 aromatic heterocycles. The number of fused-ring (bicyclic) bond motifs is 8. The fourth-order valence-electron chi connectivity index (χ4n) is 6.04. The molecule has 4 heterocycles. The molecule has 7 heteroatoms. The molecule has 0 unspecified atom stereocenters. The number of pyridine rings is 1. The second-order valence-electron chi connectivity index (χ2n) is 11.4. The van der Waals surface area contributed by atoms with Crippen LogP contribution >= 0.6 is 11.3 Å². The van der Waals surface area contributed by atoms with Gasteiger partial charge in [-0.2, -0.15) is 11.3 Å². The van der Waals surface area contributed by atoms with Crippen LogP contribution in [0, 0.1) is 17.9 Å². The zero-order chi connectivity index (χ0) is 31.5. The molecule has 5 aromatic rings. The summed E-state index contributed by atoms with van der Waals surface area (Å²) in [4.78, 5) is 21.4. The number of aromatic nitrogens is 2. The van der Waals surface area contributed by atoms with E-state index < -0.39 is 0 Å². The maximum atomic E-state index is 11.7. The van der Waals surface area contributed by atoms with Crippen LogP contribution < -0.4 is 0 Å². The van der Waals surface area contributed by atoms with Crippen LogP contribution in [-0.2, 0) is 24.9 Å². The van der Waals surface area contributed by atoms with E-state index in [1.165, 1.54) is 11.5 Å². The zero-order valence-corrected chi connectivity index (χ0v) is 29.7. The summed E-state index contributed by atoms with van der Waals surface area (Å²) in [6, 6.07) is 28.0. The first kappa shape index (κ1) is 33.5. The average molecular weight is 806 g/mol. The molecule has 0 saturated carbocycles. The van der Waals surface area contributed by atoms with E-state index in [9.17, 15) is 9.90 Å². The summed E-state index contributed by atoms with van der Waals surface area (Å²) in [5.41, 5.74) is 6.06. The first-order valence-electron chi connectivity index (χ1n) is 15.8.